The summed E-state index contributed by atoms with van der Waals surface area (Å²) in [5.41, 5.74) is -0.0382. The molecule has 0 rings (SSSR count). The molecule has 0 unspecified atom stereocenters. The fraction of sp³-hybridized carbons (Fsp3) is 0.800. The molecule has 0 heterocycles. The van der Waals surface area contributed by atoms with E-state index in [1.807, 2.05) is 0 Å². The number of allylic oxidation sites excluding steroid dienone is 1. The average molecular weight is 156 g/mol. The van der Waals surface area contributed by atoms with Gasteiger partial charge in [0.15, 0.2) is 0 Å². The monoisotopic (exact) mass is 156 g/mol. The van der Waals surface area contributed by atoms with Crippen LogP contribution in [0.3, 0.4) is 0 Å². The second-order valence-corrected chi connectivity index (χ2v) is 3.51. The topological polar surface area (TPSA) is 20.2 Å². The largest absolute Gasteiger partial charge is 0.512 e. The number of rotatable bonds is 5. The molecule has 0 aliphatic carbocycles. The van der Waals surface area contributed by atoms with Gasteiger partial charge in [-0.1, -0.05) is 40.2 Å². The Labute approximate surface area is 70.1 Å². The number of hydrogen-bond acceptors (Lipinski definition) is 1. The van der Waals surface area contributed by atoms with Crippen molar-refractivity contribution < 1.29 is 5.11 Å². The average Bonchev–Trinajstić information content (AvgIpc) is 1.88. The lowest BCUT2D eigenvalue weighted by Gasteiger charge is -2.27. The van der Waals surface area contributed by atoms with Gasteiger partial charge in [-0.2, -0.15) is 0 Å². The Hall–Kier alpha value is -0.460. The molecule has 0 amide bonds. The molecule has 1 nitrogen and oxygen atoms in total. The summed E-state index contributed by atoms with van der Waals surface area (Å²) >= 11 is 0. The molecule has 0 aliphatic heterocycles. The normalized spacial score (nSPS) is 11.5. The molecular formula is C10H20O. The Bertz CT molecular complexity index is 121. The van der Waals surface area contributed by atoms with Gasteiger partial charge >= 0.3 is 0 Å². The molecule has 1 heteroatoms. The molecule has 0 aromatic rings. The summed E-state index contributed by atoms with van der Waals surface area (Å²) in [6, 6.07) is 0. The zero-order valence-electron chi connectivity index (χ0n) is 7.98. The van der Waals surface area contributed by atoms with Gasteiger partial charge in [0.2, 0.25) is 0 Å². The first-order valence-corrected chi connectivity index (χ1v) is 4.45. The lowest BCUT2D eigenvalue weighted by Crippen LogP contribution is -2.18. The lowest BCUT2D eigenvalue weighted by molar-refractivity contribution is 0.208. The molecule has 0 bridgehead atoms. The summed E-state index contributed by atoms with van der Waals surface area (Å²) in [5.74, 6) is 0.348. The van der Waals surface area contributed by atoms with Crippen LogP contribution in [-0.2, 0) is 0 Å². The number of hydrogen-bond donors (Lipinski definition) is 1. The first kappa shape index (κ1) is 10.5. The summed E-state index contributed by atoms with van der Waals surface area (Å²) in [5, 5.41) is 9.34. The molecule has 66 valence electrons. The minimum Gasteiger partial charge on any atom is -0.512 e. The highest BCUT2D eigenvalue weighted by atomic mass is 16.3. The second kappa shape index (κ2) is 4.42. The first-order valence-electron chi connectivity index (χ1n) is 4.45. The highest BCUT2D eigenvalue weighted by Gasteiger charge is 2.25. The molecule has 0 spiro atoms. The molecule has 0 aliphatic rings. The molecule has 0 aromatic carbocycles. The van der Waals surface area contributed by atoms with Gasteiger partial charge in [-0.3, -0.25) is 0 Å². The quantitative estimate of drug-likeness (QED) is 0.602. The van der Waals surface area contributed by atoms with Gasteiger partial charge in [0.1, 0.15) is 0 Å². The maximum absolute atomic E-state index is 9.34. The van der Waals surface area contributed by atoms with Crippen molar-refractivity contribution in [2.75, 3.05) is 0 Å². The predicted molar refractivity (Wildman–Crippen MR) is 49.7 cm³/mol. The predicted octanol–water partition coefficient (Wildman–Crippen LogP) is 3.66. The Kier molecular flexibility index (Phi) is 4.24. The van der Waals surface area contributed by atoms with Crippen LogP contribution in [-0.4, -0.2) is 5.11 Å². The van der Waals surface area contributed by atoms with Gasteiger partial charge in [-0.05, 0) is 12.8 Å². The molecule has 0 atom stereocenters. The third-order valence-corrected chi connectivity index (χ3v) is 2.30. The van der Waals surface area contributed by atoms with Crippen molar-refractivity contribution in [1.82, 2.24) is 0 Å². The Morgan fingerprint density at radius 2 is 1.64 bits per heavy atom. The van der Waals surface area contributed by atoms with Crippen molar-refractivity contribution >= 4 is 0 Å². The van der Waals surface area contributed by atoms with Crippen molar-refractivity contribution in [3.63, 3.8) is 0 Å². The molecular weight excluding hydrogens is 136 g/mol. The molecule has 1 N–H and O–H groups in total. The molecule has 0 saturated carbocycles. The Morgan fingerprint density at radius 1 is 1.27 bits per heavy atom. The second-order valence-electron chi connectivity index (χ2n) is 3.51. The van der Waals surface area contributed by atoms with E-state index in [4.69, 9.17) is 0 Å². The summed E-state index contributed by atoms with van der Waals surface area (Å²) < 4.78 is 0. The fourth-order valence-electron chi connectivity index (χ4n) is 1.52. The van der Waals surface area contributed by atoms with Crippen molar-refractivity contribution in [1.29, 1.82) is 0 Å². The van der Waals surface area contributed by atoms with E-state index in [2.05, 4.69) is 27.4 Å². The number of aliphatic hydroxyl groups excluding tert-OH is 1. The summed E-state index contributed by atoms with van der Waals surface area (Å²) in [6.45, 7) is 9.98. The first-order chi connectivity index (χ1) is 5.06. The van der Waals surface area contributed by atoms with Gasteiger partial charge in [-0.15, -0.1) is 0 Å². The highest BCUT2D eigenvalue weighted by Crippen LogP contribution is 2.34. The van der Waals surface area contributed by atoms with E-state index in [0.717, 1.165) is 25.7 Å². The van der Waals surface area contributed by atoms with Crippen LogP contribution < -0.4 is 0 Å². The smallest absolute Gasteiger partial charge is 0.0909 e. The SMILES string of the molecule is C=C(O)C(C)(CCC)CCC. The van der Waals surface area contributed by atoms with Gasteiger partial charge in [0.05, 0.1) is 5.76 Å². The van der Waals surface area contributed by atoms with Crippen molar-refractivity contribution in [3.8, 4) is 0 Å². The summed E-state index contributed by atoms with van der Waals surface area (Å²) in [4.78, 5) is 0. The van der Waals surface area contributed by atoms with Crippen LogP contribution in [0.15, 0.2) is 12.3 Å². The Morgan fingerprint density at radius 3 is 1.82 bits per heavy atom. The van der Waals surface area contributed by atoms with Crippen molar-refractivity contribution in [2.24, 2.45) is 5.41 Å². The van der Waals surface area contributed by atoms with Gasteiger partial charge in [0.25, 0.3) is 0 Å². The van der Waals surface area contributed by atoms with E-state index in [9.17, 15) is 5.11 Å². The van der Waals surface area contributed by atoms with E-state index < -0.39 is 0 Å². The van der Waals surface area contributed by atoms with Gasteiger partial charge in [-0.25, -0.2) is 0 Å². The molecule has 0 aromatic heterocycles. The minimum atomic E-state index is -0.0382. The maximum atomic E-state index is 9.34. The Balaban J connectivity index is 4.13. The molecule has 0 saturated heterocycles. The highest BCUT2D eigenvalue weighted by molar-refractivity contribution is 4.98. The van der Waals surface area contributed by atoms with Crippen molar-refractivity contribution in [3.05, 3.63) is 12.3 Å². The molecule has 0 radical (unpaired) electrons. The standard InChI is InChI=1S/C10H20O/c1-5-7-10(4,8-6-2)9(3)11/h11H,3,5-8H2,1-2,4H3. The van der Waals surface area contributed by atoms with E-state index in [-0.39, 0.29) is 5.41 Å². The van der Waals surface area contributed by atoms with E-state index >= 15 is 0 Å². The van der Waals surface area contributed by atoms with E-state index in [1.54, 1.807) is 0 Å². The van der Waals surface area contributed by atoms with Gasteiger partial charge < -0.3 is 5.11 Å². The molecule has 0 fully saturated rings. The van der Waals surface area contributed by atoms with Crippen molar-refractivity contribution in [2.45, 2.75) is 46.5 Å². The van der Waals surface area contributed by atoms with Crippen LogP contribution in [0.1, 0.15) is 46.5 Å². The maximum Gasteiger partial charge on any atom is 0.0909 e. The van der Waals surface area contributed by atoms with E-state index in [1.165, 1.54) is 0 Å². The fourth-order valence-corrected chi connectivity index (χ4v) is 1.52. The third-order valence-electron chi connectivity index (χ3n) is 2.30. The van der Waals surface area contributed by atoms with Gasteiger partial charge in [0, 0.05) is 5.41 Å². The lowest BCUT2D eigenvalue weighted by atomic mass is 9.80. The number of aliphatic hydroxyl groups is 1. The van der Waals surface area contributed by atoms with Crippen LogP contribution in [0.25, 0.3) is 0 Å². The third kappa shape index (κ3) is 2.96. The zero-order chi connectivity index (χ0) is 8.91. The zero-order valence-corrected chi connectivity index (χ0v) is 7.98. The van der Waals surface area contributed by atoms with Crippen LogP contribution in [0.5, 0.6) is 0 Å². The molecule has 11 heavy (non-hydrogen) atoms. The summed E-state index contributed by atoms with van der Waals surface area (Å²) in [6.07, 6.45) is 4.29. The summed E-state index contributed by atoms with van der Waals surface area (Å²) in [7, 11) is 0. The van der Waals surface area contributed by atoms with Crippen LogP contribution in [0.4, 0.5) is 0 Å². The van der Waals surface area contributed by atoms with Crippen LogP contribution in [0, 0.1) is 5.41 Å². The van der Waals surface area contributed by atoms with Crippen LogP contribution in [0.2, 0.25) is 0 Å². The van der Waals surface area contributed by atoms with Crippen LogP contribution >= 0.6 is 0 Å². The van der Waals surface area contributed by atoms with E-state index in [0.29, 0.717) is 5.76 Å². The minimum absolute atomic E-state index is 0.0382.